The maximum Gasteiger partial charge on any atom is 0.0688 e. The van der Waals surface area contributed by atoms with Crippen molar-refractivity contribution in [1.82, 2.24) is 0 Å². The molecule has 0 radical (unpaired) electrons. The van der Waals surface area contributed by atoms with E-state index in [-0.39, 0.29) is 11.5 Å². The molecule has 18 heavy (non-hydrogen) atoms. The van der Waals surface area contributed by atoms with Crippen LogP contribution in [0.25, 0.3) is 0 Å². The molecule has 2 aliphatic carbocycles. The summed E-state index contributed by atoms with van der Waals surface area (Å²) in [7, 11) is 1.82. The van der Waals surface area contributed by atoms with Gasteiger partial charge in [-0.15, -0.1) is 0 Å². The molecule has 2 rings (SSSR count). The molecule has 0 spiro atoms. The van der Waals surface area contributed by atoms with E-state index in [4.69, 9.17) is 4.74 Å². The molecule has 0 amide bonds. The molecule has 0 aromatic carbocycles. The molecular formula is C16H28O2. The minimum absolute atomic E-state index is 0.0850. The van der Waals surface area contributed by atoms with Gasteiger partial charge in [0, 0.05) is 13.0 Å². The molecule has 2 aliphatic rings. The third-order valence-electron chi connectivity index (χ3n) is 5.41. The van der Waals surface area contributed by atoms with Gasteiger partial charge in [0.1, 0.15) is 0 Å². The number of fused-ring (bicyclic) bond motifs is 1. The second kappa shape index (κ2) is 4.64. The van der Waals surface area contributed by atoms with Crippen LogP contribution in [0.15, 0.2) is 11.6 Å². The molecule has 1 saturated carbocycles. The quantitative estimate of drug-likeness (QED) is 0.762. The maximum absolute atomic E-state index is 10.6. The smallest absolute Gasteiger partial charge is 0.0688 e. The number of rotatable bonds is 2. The SMILES string of the molecule is CO[C@]1(C)CCC(C(C)C)=C[C@H]2[C@@H]1CC[C@@]2(C)O. The largest absolute Gasteiger partial charge is 0.390 e. The van der Waals surface area contributed by atoms with Crippen molar-refractivity contribution in [1.29, 1.82) is 0 Å². The monoisotopic (exact) mass is 252 g/mol. The number of methoxy groups -OCH3 is 1. The molecule has 0 aliphatic heterocycles. The van der Waals surface area contributed by atoms with E-state index in [0.717, 1.165) is 25.7 Å². The lowest BCUT2D eigenvalue weighted by Crippen LogP contribution is -2.41. The van der Waals surface area contributed by atoms with E-state index >= 15 is 0 Å². The lowest BCUT2D eigenvalue weighted by Gasteiger charge is -2.37. The minimum Gasteiger partial charge on any atom is -0.390 e. The molecular weight excluding hydrogens is 224 g/mol. The van der Waals surface area contributed by atoms with Crippen LogP contribution >= 0.6 is 0 Å². The molecule has 0 unspecified atom stereocenters. The summed E-state index contributed by atoms with van der Waals surface area (Å²) in [4.78, 5) is 0. The van der Waals surface area contributed by atoms with Crippen LogP contribution in [0.2, 0.25) is 0 Å². The summed E-state index contributed by atoms with van der Waals surface area (Å²) < 4.78 is 5.85. The van der Waals surface area contributed by atoms with Crippen molar-refractivity contribution in [2.45, 2.75) is 64.6 Å². The van der Waals surface area contributed by atoms with Gasteiger partial charge in [0.15, 0.2) is 0 Å². The summed E-state index contributed by atoms with van der Waals surface area (Å²) in [5.74, 6) is 1.28. The first-order valence-electron chi connectivity index (χ1n) is 7.28. The van der Waals surface area contributed by atoms with Crippen LogP contribution in [0.1, 0.15) is 53.4 Å². The van der Waals surface area contributed by atoms with E-state index in [0.29, 0.717) is 11.8 Å². The zero-order valence-corrected chi connectivity index (χ0v) is 12.5. The molecule has 0 aromatic heterocycles. The van der Waals surface area contributed by atoms with Gasteiger partial charge >= 0.3 is 0 Å². The summed E-state index contributed by atoms with van der Waals surface area (Å²) in [6.07, 6.45) is 6.51. The van der Waals surface area contributed by atoms with E-state index in [1.807, 2.05) is 14.0 Å². The molecule has 104 valence electrons. The minimum atomic E-state index is -0.561. The van der Waals surface area contributed by atoms with Crippen LogP contribution in [0.4, 0.5) is 0 Å². The van der Waals surface area contributed by atoms with Crippen molar-refractivity contribution in [2.75, 3.05) is 7.11 Å². The number of ether oxygens (including phenoxy) is 1. The fourth-order valence-corrected chi connectivity index (χ4v) is 3.83. The van der Waals surface area contributed by atoms with Gasteiger partial charge < -0.3 is 9.84 Å². The Morgan fingerprint density at radius 2 is 2.00 bits per heavy atom. The predicted molar refractivity (Wildman–Crippen MR) is 74.4 cm³/mol. The van der Waals surface area contributed by atoms with Crippen molar-refractivity contribution in [3.63, 3.8) is 0 Å². The van der Waals surface area contributed by atoms with Gasteiger partial charge in [-0.2, -0.15) is 0 Å². The summed E-state index contributed by atoms with van der Waals surface area (Å²) >= 11 is 0. The Hall–Kier alpha value is -0.340. The van der Waals surface area contributed by atoms with Crippen molar-refractivity contribution < 1.29 is 9.84 Å². The molecule has 0 saturated heterocycles. The van der Waals surface area contributed by atoms with Crippen LogP contribution < -0.4 is 0 Å². The predicted octanol–water partition coefficient (Wildman–Crippen LogP) is 3.54. The van der Waals surface area contributed by atoms with E-state index in [2.05, 4.69) is 26.8 Å². The van der Waals surface area contributed by atoms with E-state index in [1.54, 1.807) is 0 Å². The number of hydrogen-bond acceptors (Lipinski definition) is 2. The molecule has 1 fully saturated rings. The Balaban J connectivity index is 2.38. The van der Waals surface area contributed by atoms with Crippen molar-refractivity contribution in [3.8, 4) is 0 Å². The summed E-state index contributed by atoms with van der Waals surface area (Å²) in [6.45, 7) is 8.72. The molecule has 2 nitrogen and oxygen atoms in total. The van der Waals surface area contributed by atoms with Gasteiger partial charge in [0.05, 0.1) is 11.2 Å². The molecule has 0 bridgehead atoms. The zero-order valence-electron chi connectivity index (χ0n) is 12.5. The number of aliphatic hydroxyl groups is 1. The normalized spacial score (nSPS) is 44.7. The Morgan fingerprint density at radius 1 is 1.33 bits per heavy atom. The van der Waals surface area contributed by atoms with Crippen molar-refractivity contribution in [3.05, 3.63) is 11.6 Å². The topological polar surface area (TPSA) is 29.5 Å². The van der Waals surface area contributed by atoms with Crippen LogP contribution in [-0.2, 0) is 4.74 Å². The van der Waals surface area contributed by atoms with Gasteiger partial charge in [-0.1, -0.05) is 25.5 Å². The fraction of sp³-hybridized carbons (Fsp3) is 0.875. The second-order valence-corrected chi connectivity index (χ2v) is 6.94. The van der Waals surface area contributed by atoms with Gasteiger partial charge in [0.2, 0.25) is 0 Å². The molecule has 0 heterocycles. The number of hydrogen-bond donors (Lipinski definition) is 1. The highest BCUT2D eigenvalue weighted by molar-refractivity contribution is 5.19. The van der Waals surface area contributed by atoms with Crippen molar-refractivity contribution in [2.24, 2.45) is 17.8 Å². The van der Waals surface area contributed by atoms with Gasteiger partial charge in [-0.05, 0) is 51.4 Å². The van der Waals surface area contributed by atoms with Crippen LogP contribution in [0.3, 0.4) is 0 Å². The first-order valence-corrected chi connectivity index (χ1v) is 7.28. The van der Waals surface area contributed by atoms with E-state index in [9.17, 15) is 5.11 Å². The Labute approximate surface area is 111 Å². The summed E-state index contributed by atoms with van der Waals surface area (Å²) in [5.41, 5.74) is 0.848. The molecule has 2 heteroatoms. The first kappa shape index (κ1) is 14.1. The molecule has 1 N–H and O–H groups in total. The van der Waals surface area contributed by atoms with Crippen LogP contribution in [-0.4, -0.2) is 23.4 Å². The Morgan fingerprint density at radius 3 is 2.56 bits per heavy atom. The fourth-order valence-electron chi connectivity index (χ4n) is 3.83. The van der Waals surface area contributed by atoms with Gasteiger partial charge in [-0.25, -0.2) is 0 Å². The van der Waals surface area contributed by atoms with Crippen LogP contribution in [0.5, 0.6) is 0 Å². The van der Waals surface area contributed by atoms with Gasteiger partial charge in [-0.3, -0.25) is 0 Å². The third-order valence-corrected chi connectivity index (χ3v) is 5.41. The van der Waals surface area contributed by atoms with E-state index in [1.165, 1.54) is 5.57 Å². The lowest BCUT2D eigenvalue weighted by atomic mass is 9.77. The first-order chi connectivity index (χ1) is 8.30. The standard InChI is InChI=1S/C16H28O2/c1-11(2)12-6-9-16(4,18-5)13-7-8-15(3,17)14(13)10-12/h10-11,13-14,17H,6-9H2,1-5H3/t13-,14-,15+,16+/m0/s1. The van der Waals surface area contributed by atoms with Gasteiger partial charge in [0.25, 0.3) is 0 Å². The lowest BCUT2D eigenvalue weighted by molar-refractivity contribution is -0.0708. The highest BCUT2D eigenvalue weighted by Gasteiger charge is 2.51. The second-order valence-electron chi connectivity index (χ2n) is 6.94. The Bertz CT molecular complexity index is 343. The third kappa shape index (κ3) is 2.25. The summed E-state index contributed by atoms with van der Waals surface area (Å²) in [6, 6.07) is 0. The molecule has 0 aromatic rings. The van der Waals surface area contributed by atoms with Crippen molar-refractivity contribution >= 4 is 0 Å². The maximum atomic E-state index is 10.6. The number of allylic oxidation sites excluding steroid dienone is 1. The van der Waals surface area contributed by atoms with E-state index < -0.39 is 5.60 Å². The zero-order chi connectivity index (χ0) is 13.6. The average molecular weight is 252 g/mol. The molecule has 4 atom stereocenters. The van der Waals surface area contributed by atoms with Crippen LogP contribution in [0, 0.1) is 17.8 Å². The average Bonchev–Trinajstić information content (AvgIpc) is 2.50. The Kier molecular flexibility index (Phi) is 3.63. The highest BCUT2D eigenvalue weighted by atomic mass is 16.5. The highest BCUT2D eigenvalue weighted by Crippen LogP contribution is 2.51. The summed E-state index contributed by atoms with van der Waals surface area (Å²) in [5, 5.41) is 10.6.